The van der Waals surface area contributed by atoms with Crippen molar-refractivity contribution in [3.8, 4) is 5.75 Å². The van der Waals surface area contributed by atoms with Gasteiger partial charge in [0.1, 0.15) is 5.75 Å². The molecule has 0 radical (unpaired) electrons. The van der Waals surface area contributed by atoms with Crippen LogP contribution in [0.25, 0.3) is 0 Å². The zero-order chi connectivity index (χ0) is 13.7. The lowest BCUT2D eigenvalue weighted by Gasteiger charge is -2.15. The first-order valence-corrected chi connectivity index (χ1v) is 6.18. The monoisotopic (exact) mass is 250 g/mol. The molecule has 0 spiro atoms. The summed E-state index contributed by atoms with van der Waals surface area (Å²) >= 11 is 0. The summed E-state index contributed by atoms with van der Waals surface area (Å²) in [5.41, 5.74) is 7.33. The molecule has 0 fully saturated rings. The van der Waals surface area contributed by atoms with E-state index in [9.17, 15) is 4.79 Å². The molecule has 1 rings (SSSR count). The predicted octanol–water partition coefficient (Wildman–Crippen LogP) is 2.35. The number of ether oxygens (including phenoxy) is 1. The predicted molar refractivity (Wildman–Crippen MR) is 73.9 cm³/mol. The van der Waals surface area contributed by atoms with Gasteiger partial charge in [-0.25, -0.2) is 0 Å². The Kier molecular flexibility index (Phi) is 5.16. The van der Waals surface area contributed by atoms with Gasteiger partial charge in [-0.2, -0.15) is 0 Å². The van der Waals surface area contributed by atoms with Gasteiger partial charge in [-0.15, -0.1) is 0 Å². The summed E-state index contributed by atoms with van der Waals surface area (Å²) in [6.07, 6.45) is 0. The molecule has 100 valence electrons. The fourth-order valence-electron chi connectivity index (χ4n) is 1.53. The maximum Gasteiger partial charge on any atom is 0.228 e. The van der Waals surface area contributed by atoms with Gasteiger partial charge in [0.2, 0.25) is 5.91 Å². The summed E-state index contributed by atoms with van der Waals surface area (Å²) in [6.45, 7) is 6.36. The molecular formula is C14H22N2O2. The Morgan fingerprint density at radius 2 is 2.06 bits per heavy atom. The maximum atomic E-state index is 11.8. The number of rotatable bonds is 5. The topological polar surface area (TPSA) is 64.3 Å². The lowest BCUT2D eigenvalue weighted by Crippen LogP contribution is -2.26. The van der Waals surface area contributed by atoms with Gasteiger partial charge in [0.15, 0.2) is 0 Å². The van der Waals surface area contributed by atoms with Crippen LogP contribution in [0.2, 0.25) is 0 Å². The van der Waals surface area contributed by atoms with Crippen molar-refractivity contribution in [1.82, 2.24) is 0 Å². The Hall–Kier alpha value is -1.55. The molecule has 0 bridgehead atoms. The van der Waals surface area contributed by atoms with Crippen molar-refractivity contribution in [2.24, 2.45) is 11.7 Å². The Bertz CT molecular complexity index is 416. The van der Waals surface area contributed by atoms with Gasteiger partial charge in [0.05, 0.1) is 12.8 Å². The number of anilines is 1. The van der Waals surface area contributed by atoms with E-state index in [-0.39, 0.29) is 11.8 Å². The molecule has 0 aliphatic rings. The Balaban J connectivity index is 2.92. The van der Waals surface area contributed by atoms with E-state index in [1.54, 1.807) is 14.0 Å². The van der Waals surface area contributed by atoms with Crippen molar-refractivity contribution in [2.45, 2.75) is 26.7 Å². The van der Waals surface area contributed by atoms with Crippen LogP contribution in [0.4, 0.5) is 5.69 Å². The highest BCUT2D eigenvalue weighted by Gasteiger charge is 2.14. The molecule has 4 heteroatoms. The average Bonchev–Trinajstić information content (AvgIpc) is 2.37. The largest absolute Gasteiger partial charge is 0.495 e. The zero-order valence-electron chi connectivity index (χ0n) is 11.5. The van der Waals surface area contributed by atoms with Crippen LogP contribution in [0.3, 0.4) is 0 Å². The minimum Gasteiger partial charge on any atom is -0.495 e. The molecule has 1 amide bonds. The Labute approximate surface area is 109 Å². The minimum atomic E-state index is -0.209. The number of benzene rings is 1. The van der Waals surface area contributed by atoms with Crippen LogP contribution in [0.5, 0.6) is 5.75 Å². The maximum absolute atomic E-state index is 11.8. The number of hydrogen-bond acceptors (Lipinski definition) is 3. The Morgan fingerprint density at radius 3 is 2.56 bits per heavy atom. The van der Waals surface area contributed by atoms with E-state index in [0.717, 1.165) is 0 Å². The Morgan fingerprint density at radius 1 is 1.39 bits per heavy atom. The number of carbonyl (C=O) groups is 1. The molecule has 18 heavy (non-hydrogen) atoms. The van der Waals surface area contributed by atoms with Crippen LogP contribution >= 0.6 is 0 Å². The van der Waals surface area contributed by atoms with Crippen LogP contribution < -0.4 is 15.8 Å². The number of nitrogens with one attached hydrogen (secondary N) is 1. The van der Waals surface area contributed by atoms with E-state index in [0.29, 0.717) is 23.9 Å². The third-order valence-electron chi connectivity index (χ3n) is 2.95. The summed E-state index contributed by atoms with van der Waals surface area (Å²) in [5, 5.41) is 2.83. The molecule has 4 nitrogen and oxygen atoms in total. The van der Waals surface area contributed by atoms with E-state index in [2.05, 4.69) is 19.2 Å². The molecule has 0 saturated carbocycles. The van der Waals surface area contributed by atoms with Gasteiger partial charge in [0.25, 0.3) is 0 Å². The second-order valence-electron chi connectivity index (χ2n) is 4.74. The standard InChI is InChI=1S/C14H22N2O2/c1-9(2)11-5-6-12(13(7-11)18-4)16-14(17)10(3)8-15/h5-7,9-10H,8,15H2,1-4H3,(H,16,17). The lowest BCUT2D eigenvalue weighted by molar-refractivity contribution is -0.119. The molecule has 0 aliphatic carbocycles. The molecule has 1 aromatic carbocycles. The van der Waals surface area contributed by atoms with Crippen molar-refractivity contribution in [3.05, 3.63) is 23.8 Å². The van der Waals surface area contributed by atoms with Gasteiger partial charge < -0.3 is 15.8 Å². The first-order valence-electron chi connectivity index (χ1n) is 6.18. The third-order valence-corrected chi connectivity index (χ3v) is 2.95. The lowest BCUT2D eigenvalue weighted by atomic mass is 10.0. The number of amides is 1. The minimum absolute atomic E-state index is 0.0897. The van der Waals surface area contributed by atoms with Crippen LogP contribution in [0.1, 0.15) is 32.3 Å². The summed E-state index contributed by atoms with van der Waals surface area (Å²) in [5.74, 6) is 0.804. The molecule has 3 N–H and O–H groups in total. The molecule has 1 aromatic rings. The fourth-order valence-corrected chi connectivity index (χ4v) is 1.53. The highest BCUT2D eigenvalue weighted by Crippen LogP contribution is 2.29. The molecule has 0 heterocycles. The van der Waals surface area contributed by atoms with Crippen molar-refractivity contribution in [3.63, 3.8) is 0 Å². The summed E-state index contributed by atoms with van der Waals surface area (Å²) in [7, 11) is 1.60. The zero-order valence-corrected chi connectivity index (χ0v) is 11.5. The number of methoxy groups -OCH3 is 1. The smallest absolute Gasteiger partial charge is 0.228 e. The summed E-state index contributed by atoms with van der Waals surface area (Å²) in [4.78, 5) is 11.8. The molecule has 0 aromatic heterocycles. The molecule has 0 aliphatic heterocycles. The first kappa shape index (κ1) is 14.5. The van der Waals surface area contributed by atoms with Gasteiger partial charge >= 0.3 is 0 Å². The second-order valence-corrected chi connectivity index (χ2v) is 4.74. The number of hydrogen-bond donors (Lipinski definition) is 2. The summed E-state index contributed by atoms with van der Waals surface area (Å²) < 4.78 is 5.30. The van der Waals surface area contributed by atoms with Crippen molar-refractivity contribution in [1.29, 1.82) is 0 Å². The van der Waals surface area contributed by atoms with Crippen LogP contribution in [-0.4, -0.2) is 19.6 Å². The fraction of sp³-hybridized carbons (Fsp3) is 0.500. The van der Waals surface area contributed by atoms with Gasteiger partial charge in [-0.3, -0.25) is 4.79 Å². The first-order chi connectivity index (χ1) is 8.49. The van der Waals surface area contributed by atoms with Gasteiger partial charge in [-0.1, -0.05) is 26.8 Å². The normalized spacial score (nSPS) is 12.3. The third kappa shape index (κ3) is 3.47. The molecule has 1 unspecified atom stereocenters. The van der Waals surface area contributed by atoms with E-state index in [1.807, 2.05) is 18.2 Å². The second kappa shape index (κ2) is 6.40. The van der Waals surface area contributed by atoms with Crippen LogP contribution in [-0.2, 0) is 4.79 Å². The van der Waals surface area contributed by atoms with Crippen molar-refractivity contribution in [2.75, 3.05) is 19.0 Å². The molecule has 0 saturated heterocycles. The molecular weight excluding hydrogens is 228 g/mol. The van der Waals surface area contributed by atoms with Gasteiger partial charge in [-0.05, 0) is 23.6 Å². The van der Waals surface area contributed by atoms with E-state index in [1.165, 1.54) is 5.56 Å². The van der Waals surface area contributed by atoms with Crippen LogP contribution in [0.15, 0.2) is 18.2 Å². The quantitative estimate of drug-likeness (QED) is 0.843. The van der Waals surface area contributed by atoms with E-state index in [4.69, 9.17) is 10.5 Å². The van der Waals surface area contributed by atoms with Crippen LogP contribution in [0, 0.1) is 5.92 Å². The number of carbonyl (C=O) groups excluding carboxylic acids is 1. The SMILES string of the molecule is COc1cc(C(C)C)ccc1NC(=O)C(C)CN. The highest BCUT2D eigenvalue weighted by atomic mass is 16.5. The number of nitrogens with two attached hydrogens (primary N) is 1. The van der Waals surface area contributed by atoms with Gasteiger partial charge in [0, 0.05) is 12.5 Å². The average molecular weight is 250 g/mol. The highest BCUT2D eigenvalue weighted by molar-refractivity contribution is 5.93. The molecule has 1 atom stereocenters. The summed E-state index contributed by atoms with van der Waals surface area (Å²) in [6, 6.07) is 5.82. The van der Waals surface area contributed by atoms with Crippen molar-refractivity contribution >= 4 is 11.6 Å². The van der Waals surface area contributed by atoms with Crippen molar-refractivity contribution < 1.29 is 9.53 Å². The van der Waals surface area contributed by atoms with E-state index >= 15 is 0 Å². The van der Waals surface area contributed by atoms with E-state index < -0.39 is 0 Å².